The summed E-state index contributed by atoms with van der Waals surface area (Å²) in [6.45, 7) is -0.213. The molecule has 5 heterocycles. The summed E-state index contributed by atoms with van der Waals surface area (Å²) in [5.74, 6) is -4.27. The number of likely N-dealkylation sites (tertiary alicyclic amines) is 1. The zero-order valence-electron chi connectivity index (χ0n) is 30.9. The lowest BCUT2D eigenvalue weighted by Gasteiger charge is -2.38. The molecular formula is C42H44N6O8. The second-order valence-electron chi connectivity index (χ2n) is 14.7. The van der Waals surface area contributed by atoms with Gasteiger partial charge in [-0.3, -0.25) is 19.2 Å². The van der Waals surface area contributed by atoms with Crippen LogP contribution in [0.5, 0.6) is 0 Å². The molecule has 2 saturated heterocycles. The van der Waals surface area contributed by atoms with Gasteiger partial charge in [-0.05, 0) is 36.1 Å². The Balaban J connectivity index is 1.22. The average molecular weight is 761 g/mol. The summed E-state index contributed by atoms with van der Waals surface area (Å²) < 4.78 is 20.4. The average Bonchev–Trinajstić information content (AvgIpc) is 3.81. The number of hydrogen-bond acceptors (Lipinski definition) is 10. The lowest BCUT2D eigenvalue weighted by molar-refractivity contribution is -0.163. The number of esters is 1. The number of benzene rings is 3. The number of nitrogens with zero attached hydrogens (tertiary/aromatic N) is 5. The molecule has 1 spiro atoms. The topological polar surface area (TPSA) is 165 Å². The quantitative estimate of drug-likeness (QED) is 0.192. The van der Waals surface area contributed by atoms with Crippen LogP contribution in [0.25, 0.3) is 11.0 Å². The normalized spacial score (nSPS) is 29.0. The van der Waals surface area contributed by atoms with E-state index in [1.54, 1.807) is 46.0 Å². The molecule has 0 bridgehead atoms. The molecule has 14 nitrogen and oxygen atoms in total. The van der Waals surface area contributed by atoms with Crippen LogP contribution in [0.4, 0.5) is 0 Å². The minimum Gasteiger partial charge on any atom is -0.455 e. The van der Waals surface area contributed by atoms with E-state index in [0.29, 0.717) is 17.5 Å². The van der Waals surface area contributed by atoms with Gasteiger partial charge in [-0.1, -0.05) is 102 Å². The Bertz CT molecular complexity index is 2140. The summed E-state index contributed by atoms with van der Waals surface area (Å²) in [5.41, 5.74) is 1.27. The minimum atomic E-state index is -1.61. The summed E-state index contributed by atoms with van der Waals surface area (Å²) in [6, 6.07) is 23.1. The lowest BCUT2D eigenvalue weighted by atomic mass is 9.77. The van der Waals surface area contributed by atoms with Gasteiger partial charge in [0.15, 0.2) is 0 Å². The van der Waals surface area contributed by atoms with Crippen LogP contribution in [0.3, 0.4) is 0 Å². The van der Waals surface area contributed by atoms with Crippen molar-refractivity contribution in [3.8, 4) is 0 Å². The van der Waals surface area contributed by atoms with Crippen molar-refractivity contribution in [2.45, 2.75) is 61.9 Å². The summed E-state index contributed by atoms with van der Waals surface area (Å²) in [4.78, 5) is 61.3. The van der Waals surface area contributed by atoms with E-state index < -0.39 is 72.2 Å². The summed E-state index contributed by atoms with van der Waals surface area (Å²) in [5, 5.41) is 22.5. The van der Waals surface area contributed by atoms with E-state index >= 15 is 9.59 Å². The zero-order chi connectivity index (χ0) is 38.8. The van der Waals surface area contributed by atoms with Crippen LogP contribution in [0, 0.1) is 11.8 Å². The molecule has 290 valence electrons. The molecule has 4 aromatic rings. The molecule has 0 saturated carbocycles. The highest BCUT2D eigenvalue weighted by Crippen LogP contribution is 2.54. The maximum Gasteiger partial charge on any atom is 0.313 e. The molecule has 3 aromatic carbocycles. The third-order valence-corrected chi connectivity index (χ3v) is 11.2. The number of methoxy groups -OCH3 is 1. The van der Waals surface area contributed by atoms with Gasteiger partial charge in [0.25, 0.3) is 5.91 Å². The maximum absolute atomic E-state index is 15.2. The Morgan fingerprint density at radius 1 is 0.964 bits per heavy atom. The van der Waals surface area contributed by atoms with E-state index in [9.17, 15) is 14.7 Å². The lowest BCUT2D eigenvalue weighted by Crippen LogP contribution is -2.58. The van der Waals surface area contributed by atoms with Gasteiger partial charge in [-0.25, -0.2) is 4.68 Å². The number of rotatable bonds is 9. The minimum absolute atomic E-state index is 0.0287. The van der Waals surface area contributed by atoms with Gasteiger partial charge in [-0.2, -0.15) is 0 Å². The molecule has 56 heavy (non-hydrogen) atoms. The summed E-state index contributed by atoms with van der Waals surface area (Å²) in [6.07, 6.45) is 5.77. The number of allylic oxidation sites excluding steroid dienone is 1. The molecule has 4 aliphatic rings. The van der Waals surface area contributed by atoms with E-state index in [1.807, 2.05) is 72.8 Å². The summed E-state index contributed by atoms with van der Waals surface area (Å²) in [7, 11) is 1.50. The van der Waals surface area contributed by atoms with E-state index in [0.717, 1.165) is 11.1 Å². The Hall–Kier alpha value is -5.70. The van der Waals surface area contributed by atoms with Gasteiger partial charge < -0.3 is 34.4 Å². The number of fused-ring (bicyclic) bond motifs is 3. The fourth-order valence-corrected chi connectivity index (χ4v) is 8.72. The first-order chi connectivity index (χ1) is 27.3. The first-order valence-corrected chi connectivity index (χ1v) is 18.9. The molecule has 0 unspecified atom stereocenters. The monoisotopic (exact) mass is 760 g/mol. The smallest absolute Gasteiger partial charge is 0.313 e. The van der Waals surface area contributed by atoms with Crippen LogP contribution in [-0.2, 0) is 46.5 Å². The molecule has 3 amide bonds. The van der Waals surface area contributed by atoms with Crippen molar-refractivity contribution in [1.82, 2.24) is 30.1 Å². The molecular weight excluding hydrogens is 716 g/mol. The van der Waals surface area contributed by atoms with Gasteiger partial charge in [0, 0.05) is 20.1 Å². The van der Waals surface area contributed by atoms with Gasteiger partial charge in [0.1, 0.15) is 35.9 Å². The molecule has 8 rings (SSSR count). The summed E-state index contributed by atoms with van der Waals surface area (Å²) >= 11 is 0. The predicted molar refractivity (Wildman–Crippen MR) is 202 cm³/mol. The van der Waals surface area contributed by atoms with Crippen molar-refractivity contribution < 1.29 is 38.5 Å². The third-order valence-electron chi connectivity index (χ3n) is 11.2. The Kier molecular flexibility index (Phi) is 10.5. The Labute approximate surface area is 323 Å². The standard InChI is InChI=1S/C42H44N6O8/c1-54-25-31-37(28-15-6-3-7-16-28)55-41(53)35-33(19-10-11-20-34(50)43-31)56-42-21-12-22-46(26-47-32-18-9-8-17-30(32)44-45-47)40(52)38(42)48(39(51)36(35)42)29(24-49)23-27-13-4-2-5-14-27/h2-10,12-19,21,29,31,33,35-38,49H,11,20,22-26H2,1H3,(H,43,50)/b19-10-/t29-,31+,33+,35-,36-,37+,38+,42-/m1/s1. The number of ether oxygens (including phenoxy) is 3. The number of nitrogens with one attached hydrogen (secondary N) is 1. The largest absolute Gasteiger partial charge is 0.455 e. The Morgan fingerprint density at radius 3 is 2.48 bits per heavy atom. The molecule has 8 atom stereocenters. The van der Waals surface area contributed by atoms with Gasteiger partial charge in [0.05, 0.1) is 42.8 Å². The van der Waals surface area contributed by atoms with Crippen LogP contribution >= 0.6 is 0 Å². The van der Waals surface area contributed by atoms with Crippen molar-refractivity contribution in [3.05, 3.63) is 120 Å². The van der Waals surface area contributed by atoms with Gasteiger partial charge in [-0.15, -0.1) is 5.10 Å². The molecule has 2 N–H and O–H groups in total. The second-order valence-corrected chi connectivity index (χ2v) is 14.7. The van der Waals surface area contributed by atoms with E-state index in [1.165, 1.54) is 12.0 Å². The van der Waals surface area contributed by atoms with Gasteiger partial charge >= 0.3 is 5.97 Å². The molecule has 1 aromatic heterocycles. The van der Waals surface area contributed by atoms with Gasteiger partial charge in [0.2, 0.25) is 11.8 Å². The highest BCUT2D eigenvalue weighted by molar-refractivity contribution is 5.99. The highest BCUT2D eigenvalue weighted by atomic mass is 16.6. The maximum atomic E-state index is 15.2. The first-order valence-electron chi connectivity index (χ1n) is 18.9. The molecule has 14 heteroatoms. The van der Waals surface area contributed by atoms with Crippen molar-refractivity contribution in [2.24, 2.45) is 11.8 Å². The number of aromatic nitrogens is 3. The Morgan fingerprint density at radius 2 is 1.71 bits per heavy atom. The predicted octanol–water partition coefficient (Wildman–Crippen LogP) is 2.74. The number of carbonyl (C=O) groups is 4. The van der Waals surface area contributed by atoms with Crippen LogP contribution in [0.2, 0.25) is 0 Å². The van der Waals surface area contributed by atoms with Crippen LogP contribution in [0.15, 0.2) is 109 Å². The number of cyclic esters (lactones) is 1. The third kappa shape index (κ3) is 6.77. The van der Waals surface area contributed by atoms with E-state index in [-0.39, 0.29) is 38.6 Å². The number of aliphatic hydroxyl groups is 1. The van der Waals surface area contributed by atoms with E-state index in [2.05, 4.69) is 15.6 Å². The first kappa shape index (κ1) is 37.2. The molecule has 0 aliphatic carbocycles. The fourth-order valence-electron chi connectivity index (χ4n) is 8.72. The zero-order valence-corrected chi connectivity index (χ0v) is 30.9. The number of carbonyl (C=O) groups excluding carboxylic acids is 4. The van der Waals surface area contributed by atoms with E-state index in [4.69, 9.17) is 14.2 Å². The molecule has 2 fully saturated rings. The molecule has 0 radical (unpaired) electrons. The SMILES string of the molecule is COC[C@@H]1NC(=O)CC/C=C\[C@@H]2O[C@@]34C=CCN(Cn5nnc6ccccc65)C(=O)[C@@H]3N([C@@H](CO)Cc3ccccc3)C(=O)[C@H]4[C@@H]2C(=O)O[C@H]1c1ccccc1. The fraction of sp³-hybridized carbons (Fsp3) is 0.381. The highest BCUT2D eigenvalue weighted by Gasteiger charge is 2.72. The number of para-hydroxylation sites is 1. The van der Waals surface area contributed by atoms with Crippen molar-refractivity contribution in [1.29, 1.82) is 0 Å². The number of amides is 3. The van der Waals surface area contributed by atoms with Crippen molar-refractivity contribution in [3.63, 3.8) is 0 Å². The van der Waals surface area contributed by atoms with Crippen molar-refractivity contribution >= 4 is 34.7 Å². The van der Waals surface area contributed by atoms with Crippen LogP contribution in [-0.4, -0.2) is 110 Å². The van der Waals surface area contributed by atoms with Crippen LogP contribution in [0.1, 0.15) is 30.1 Å². The molecule has 4 aliphatic heterocycles. The van der Waals surface area contributed by atoms with Crippen LogP contribution < -0.4 is 5.32 Å². The van der Waals surface area contributed by atoms with Crippen molar-refractivity contribution in [2.75, 3.05) is 26.9 Å². The number of hydrogen-bond donors (Lipinski definition) is 2. The number of aliphatic hydroxyl groups excluding tert-OH is 1. The second kappa shape index (κ2) is 15.8.